The molecular formula is C26H25N5O3S. The van der Waals surface area contributed by atoms with Crippen molar-refractivity contribution in [1.29, 1.82) is 0 Å². The van der Waals surface area contributed by atoms with E-state index < -0.39 is 0 Å². The molecule has 0 saturated carbocycles. The summed E-state index contributed by atoms with van der Waals surface area (Å²) < 4.78 is 12.5. The molecule has 0 aliphatic heterocycles. The van der Waals surface area contributed by atoms with E-state index in [1.54, 1.807) is 32.6 Å². The van der Waals surface area contributed by atoms with Crippen molar-refractivity contribution in [2.45, 2.75) is 12.1 Å². The summed E-state index contributed by atoms with van der Waals surface area (Å²) in [5, 5.41) is 13.4. The van der Waals surface area contributed by atoms with Crippen LogP contribution in [0.5, 0.6) is 11.5 Å². The van der Waals surface area contributed by atoms with E-state index >= 15 is 0 Å². The number of hydrogen-bond acceptors (Lipinski definition) is 7. The van der Waals surface area contributed by atoms with E-state index in [4.69, 9.17) is 9.47 Å². The fourth-order valence-corrected chi connectivity index (χ4v) is 4.08. The van der Waals surface area contributed by atoms with Crippen LogP contribution in [0.25, 0.3) is 17.1 Å². The fourth-order valence-electron chi connectivity index (χ4n) is 3.34. The molecule has 4 rings (SSSR count). The van der Waals surface area contributed by atoms with Gasteiger partial charge in [-0.1, -0.05) is 59.8 Å². The standard InChI is InChI=1S/C26H25N5O3S/c1-18-9-12-20(13-10-18)25-29-30-26(31(25)21-7-5-4-6-8-21)35-17-24(32)28-27-16-19-11-14-22(33-2)23(15-19)34-3/h4-16H,17H2,1-3H3,(H,28,32)/b27-16+. The number of amides is 1. The van der Waals surface area contributed by atoms with Gasteiger partial charge in [0.25, 0.3) is 5.91 Å². The van der Waals surface area contributed by atoms with Crippen molar-refractivity contribution in [3.63, 3.8) is 0 Å². The number of benzene rings is 3. The summed E-state index contributed by atoms with van der Waals surface area (Å²) in [6.07, 6.45) is 1.55. The molecule has 0 spiro atoms. The van der Waals surface area contributed by atoms with Gasteiger partial charge in [0.1, 0.15) is 0 Å². The highest BCUT2D eigenvalue weighted by molar-refractivity contribution is 7.99. The Morgan fingerprint density at radius 1 is 1.00 bits per heavy atom. The van der Waals surface area contributed by atoms with Gasteiger partial charge in [0.2, 0.25) is 0 Å². The third-order valence-electron chi connectivity index (χ3n) is 5.10. The summed E-state index contributed by atoms with van der Waals surface area (Å²) in [5.41, 5.74) is 6.35. The average Bonchev–Trinajstić information content (AvgIpc) is 3.32. The van der Waals surface area contributed by atoms with Gasteiger partial charge in [-0.05, 0) is 42.8 Å². The Bertz CT molecular complexity index is 1320. The topological polar surface area (TPSA) is 90.6 Å². The lowest BCUT2D eigenvalue weighted by Crippen LogP contribution is -2.20. The Hall–Kier alpha value is -4.11. The van der Waals surface area contributed by atoms with Gasteiger partial charge in [-0.2, -0.15) is 5.10 Å². The van der Waals surface area contributed by atoms with Gasteiger partial charge < -0.3 is 9.47 Å². The molecule has 178 valence electrons. The van der Waals surface area contributed by atoms with Crippen molar-refractivity contribution < 1.29 is 14.3 Å². The first-order chi connectivity index (χ1) is 17.1. The highest BCUT2D eigenvalue weighted by Gasteiger charge is 2.17. The number of rotatable bonds is 9. The Balaban J connectivity index is 1.46. The molecule has 0 atom stereocenters. The predicted molar refractivity (Wildman–Crippen MR) is 138 cm³/mol. The van der Waals surface area contributed by atoms with Crippen molar-refractivity contribution >= 4 is 23.9 Å². The second kappa shape index (κ2) is 11.3. The predicted octanol–water partition coefficient (Wildman–Crippen LogP) is 4.50. The van der Waals surface area contributed by atoms with Crippen LogP contribution in [0, 0.1) is 6.92 Å². The van der Waals surface area contributed by atoms with Crippen molar-refractivity contribution in [2.75, 3.05) is 20.0 Å². The van der Waals surface area contributed by atoms with Crippen LogP contribution in [0.4, 0.5) is 0 Å². The molecule has 9 heteroatoms. The van der Waals surface area contributed by atoms with Crippen molar-refractivity contribution in [3.8, 4) is 28.6 Å². The molecule has 1 aromatic heterocycles. The van der Waals surface area contributed by atoms with Crippen LogP contribution < -0.4 is 14.9 Å². The largest absolute Gasteiger partial charge is 0.493 e. The lowest BCUT2D eigenvalue weighted by atomic mass is 10.1. The van der Waals surface area contributed by atoms with Gasteiger partial charge in [-0.25, -0.2) is 5.43 Å². The Labute approximate surface area is 208 Å². The molecule has 8 nitrogen and oxygen atoms in total. The molecule has 0 saturated heterocycles. The molecule has 1 heterocycles. The first-order valence-corrected chi connectivity index (χ1v) is 11.8. The Kier molecular flexibility index (Phi) is 7.79. The van der Waals surface area contributed by atoms with Gasteiger partial charge in [-0.15, -0.1) is 10.2 Å². The molecular weight excluding hydrogens is 462 g/mol. The minimum absolute atomic E-state index is 0.127. The molecule has 0 bridgehead atoms. The quantitative estimate of drug-likeness (QED) is 0.212. The highest BCUT2D eigenvalue weighted by atomic mass is 32.2. The zero-order chi connectivity index (χ0) is 24.6. The van der Waals surface area contributed by atoms with Crippen molar-refractivity contribution in [3.05, 3.63) is 83.9 Å². The van der Waals surface area contributed by atoms with Crippen LogP contribution in [0.1, 0.15) is 11.1 Å². The lowest BCUT2D eigenvalue weighted by Gasteiger charge is -2.10. The van der Waals surface area contributed by atoms with E-state index in [9.17, 15) is 4.79 Å². The molecule has 4 aromatic rings. The maximum atomic E-state index is 12.4. The summed E-state index contributed by atoms with van der Waals surface area (Å²) in [7, 11) is 3.14. The highest BCUT2D eigenvalue weighted by Crippen LogP contribution is 2.28. The summed E-state index contributed by atoms with van der Waals surface area (Å²) >= 11 is 1.29. The number of aromatic nitrogens is 3. The fraction of sp³-hybridized carbons (Fsp3) is 0.154. The monoisotopic (exact) mass is 487 g/mol. The third-order valence-corrected chi connectivity index (χ3v) is 6.03. The van der Waals surface area contributed by atoms with Crippen LogP contribution >= 0.6 is 11.8 Å². The van der Waals surface area contributed by atoms with Gasteiger partial charge in [0.05, 0.1) is 26.2 Å². The van der Waals surface area contributed by atoms with Crippen LogP contribution in [0.15, 0.2) is 83.1 Å². The number of methoxy groups -OCH3 is 2. The zero-order valence-corrected chi connectivity index (χ0v) is 20.5. The first-order valence-electron chi connectivity index (χ1n) is 10.8. The smallest absolute Gasteiger partial charge is 0.250 e. The molecule has 0 aliphatic carbocycles. The minimum atomic E-state index is -0.258. The van der Waals surface area contributed by atoms with Gasteiger partial charge in [0.15, 0.2) is 22.5 Å². The second-order valence-corrected chi connectivity index (χ2v) is 8.48. The summed E-state index contributed by atoms with van der Waals surface area (Å²) in [6, 6.07) is 23.3. The van der Waals surface area contributed by atoms with Crippen molar-refractivity contribution in [1.82, 2.24) is 20.2 Å². The molecule has 35 heavy (non-hydrogen) atoms. The number of para-hydroxylation sites is 1. The van der Waals surface area contributed by atoms with E-state index in [2.05, 4.69) is 20.7 Å². The Morgan fingerprint density at radius 2 is 1.74 bits per heavy atom. The molecule has 0 radical (unpaired) electrons. The molecule has 3 aromatic carbocycles. The van der Waals surface area contributed by atoms with Gasteiger partial charge >= 0.3 is 0 Å². The Morgan fingerprint density at radius 3 is 2.46 bits per heavy atom. The number of aryl methyl sites for hydroxylation is 1. The average molecular weight is 488 g/mol. The van der Waals surface area contributed by atoms with Crippen LogP contribution in [0.3, 0.4) is 0 Å². The summed E-state index contributed by atoms with van der Waals surface area (Å²) in [5.74, 6) is 1.79. The molecule has 1 amide bonds. The summed E-state index contributed by atoms with van der Waals surface area (Å²) in [4.78, 5) is 12.4. The number of hydrogen-bond donors (Lipinski definition) is 1. The number of nitrogens with zero attached hydrogens (tertiary/aromatic N) is 4. The molecule has 1 N–H and O–H groups in total. The first kappa shape index (κ1) is 24.0. The maximum Gasteiger partial charge on any atom is 0.250 e. The minimum Gasteiger partial charge on any atom is -0.493 e. The van der Waals surface area contributed by atoms with Crippen LogP contribution in [-0.2, 0) is 4.79 Å². The third kappa shape index (κ3) is 5.88. The van der Waals surface area contributed by atoms with Gasteiger partial charge in [0, 0.05) is 11.3 Å². The zero-order valence-electron chi connectivity index (χ0n) is 19.6. The van der Waals surface area contributed by atoms with Crippen LogP contribution in [-0.4, -0.2) is 46.9 Å². The lowest BCUT2D eigenvalue weighted by molar-refractivity contribution is -0.118. The van der Waals surface area contributed by atoms with E-state index in [0.717, 1.165) is 16.8 Å². The maximum absolute atomic E-state index is 12.4. The summed E-state index contributed by atoms with van der Waals surface area (Å²) in [6.45, 7) is 2.04. The molecule has 0 aliphatic rings. The molecule has 0 unspecified atom stereocenters. The van der Waals surface area contributed by atoms with E-state index in [0.29, 0.717) is 22.5 Å². The number of ether oxygens (including phenoxy) is 2. The number of thioether (sulfide) groups is 1. The number of nitrogens with one attached hydrogen (secondary N) is 1. The number of hydrazone groups is 1. The van der Waals surface area contributed by atoms with Gasteiger partial charge in [-0.3, -0.25) is 9.36 Å². The van der Waals surface area contributed by atoms with Crippen molar-refractivity contribution in [2.24, 2.45) is 5.10 Å². The number of carbonyl (C=O) groups is 1. The van der Waals surface area contributed by atoms with E-state index in [-0.39, 0.29) is 11.7 Å². The van der Waals surface area contributed by atoms with E-state index in [1.165, 1.54) is 17.3 Å². The molecule has 0 fully saturated rings. The number of carbonyl (C=O) groups excluding carboxylic acids is 1. The second-order valence-electron chi connectivity index (χ2n) is 7.54. The SMILES string of the molecule is COc1ccc(/C=N/NC(=O)CSc2nnc(-c3ccc(C)cc3)n2-c2ccccc2)cc1OC. The van der Waals surface area contributed by atoms with Crippen LogP contribution in [0.2, 0.25) is 0 Å². The normalized spacial score (nSPS) is 10.9. The van der Waals surface area contributed by atoms with E-state index in [1.807, 2.05) is 72.2 Å².